The maximum atomic E-state index is 13.3. The number of fused-ring (bicyclic) bond motifs is 7. The number of carbonyl (C=O) groups excluding carboxylic acids is 7. The molecule has 5 heterocycles. The predicted octanol–water partition coefficient (Wildman–Crippen LogP) is -2.66. The van der Waals surface area contributed by atoms with E-state index >= 15 is 0 Å². The molecule has 3 aromatic rings. The van der Waals surface area contributed by atoms with Gasteiger partial charge in [0, 0.05) is 44.9 Å². The maximum Gasteiger partial charge on any atom is 0.326 e. The van der Waals surface area contributed by atoms with Crippen molar-refractivity contribution in [3.63, 3.8) is 0 Å². The Labute approximate surface area is 549 Å². The van der Waals surface area contributed by atoms with Gasteiger partial charge in [0.25, 0.3) is 0 Å². The zero-order chi connectivity index (χ0) is 67.9. The fourth-order valence-corrected chi connectivity index (χ4v) is 13.1. The van der Waals surface area contributed by atoms with E-state index in [1.807, 2.05) is 31.7 Å². The molecule has 4 atom stereocenters. The summed E-state index contributed by atoms with van der Waals surface area (Å²) in [7, 11) is 0. The fourth-order valence-electron chi connectivity index (χ4n) is 10.2. The standard InChI is InChI=1S/C57H85N15O21.In/c73-46(59-15-4-3-7-43(55(88)89)61-57(92)62-44(56(90)91)13-14-49(76)77)8-2-1-5-18-69(31-45-58-17-20-70(45)33-48(75)71(37-53(84)85)38-54(86)87)29-40-9-11-42(12-10-40)93-39-41-30-72(64-63-41)19-6-16-60-47(74)32-65-21-23-66(34-50(78)79)25-27-68(36-52(82)83)28-26-67(24-22-65)35-51(80)81;/h9-12,17,20,30,43-44H,1-8,13-16,18-19,21-29,31-39H2,(H,59,73)(H,60,74)(H,76,77)(H,78,79)(H,80,81)(H,82,83)(H,84,85)(H,86,87)(H,88,89)(H,90,91)(H2,61,62,92);/q;+3/p-3/t43-,44-;/m0./s1. The molecule has 9 N–H and O–H groups in total. The SMILES string of the molecule is O=C(O)CC[C@H](NC(=O)N[C@@H](CCCCNC(=O)CCCCCN(Cc1ccc(OCc2cn(CCCNC(=O)CN3CCN4CCN5CCN(CC3)CC(=O)[O][In]([O]C(=O)C4)[O]C(=O)C5)nn2)cc1)Cc1nccn1CC(=O)N(CC(=O)O)CC(=O)O)C(=O)O)C(=O)O. The summed E-state index contributed by atoms with van der Waals surface area (Å²) < 4.78 is 25.5. The monoisotopic (exact) mass is 1430 g/mol. The molecule has 6 rings (SSSR count). The number of carboxylic acid groups (broad SMARTS) is 5. The summed E-state index contributed by atoms with van der Waals surface area (Å²) in [6.07, 6.45) is 6.97. The Kier molecular flexibility index (Phi) is 31.1. The molecule has 3 aliphatic heterocycles. The number of ether oxygens (including phenoxy) is 1. The molecule has 0 aliphatic carbocycles. The quantitative estimate of drug-likeness (QED) is 0.0266. The minimum atomic E-state index is -4.26. The molecule has 36 nitrogen and oxygen atoms in total. The number of hydrogen-bond donors (Lipinski definition) is 9. The molecule has 1 aromatic carbocycles. The van der Waals surface area contributed by atoms with E-state index in [1.54, 1.807) is 23.0 Å². The van der Waals surface area contributed by atoms with Crippen LogP contribution in [0.4, 0.5) is 4.79 Å². The van der Waals surface area contributed by atoms with Gasteiger partial charge < -0.3 is 55.7 Å². The summed E-state index contributed by atoms with van der Waals surface area (Å²) in [6, 6.07) is 3.36. The van der Waals surface area contributed by atoms with Gasteiger partial charge in [0.2, 0.25) is 11.8 Å². The Hall–Kier alpha value is -8.52. The molecule has 3 saturated heterocycles. The topological polar surface area (TPSA) is 459 Å². The van der Waals surface area contributed by atoms with E-state index in [0.717, 1.165) is 10.5 Å². The minimum Gasteiger partial charge on any atom is -0.480 e. The molecule has 2 aromatic heterocycles. The molecule has 0 saturated carbocycles. The average molecular weight is 1430 g/mol. The summed E-state index contributed by atoms with van der Waals surface area (Å²) in [6.45, 7) is 3.84. The number of aryl methyl sites for hydroxylation is 1. The predicted molar refractivity (Wildman–Crippen MR) is 323 cm³/mol. The molecule has 2 unspecified atom stereocenters. The van der Waals surface area contributed by atoms with Crippen molar-refractivity contribution in [3.05, 3.63) is 59.9 Å². The summed E-state index contributed by atoms with van der Waals surface area (Å²) in [5.74, 6) is -8.88. The zero-order valence-corrected chi connectivity index (χ0v) is 55.4. The number of urea groups is 1. The smallest absolute Gasteiger partial charge is 0.326 e. The number of imidazole rings is 1. The number of unbranched alkanes of at least 4 members (excludes halogenated alkanes) is 3. The second-order valence-corrected chi connectivity index (χ2v) is 26.3. The van der Waals surface area contributed by atoms with Crippen molar-refractivity contribution in [1.82, 2.24) is 75.2 Å². The van der Waals surface area contributed by atoms with Crippen molar-refractivity contribution < 1.29 is 96.4 Å². The van der Waals surface area contributed by atoms with Gasteiger partial charge in [0.05, 0.1) is 12.7 Å². The first-order valence-electron chi connectivity index (χ1n) is 30.8. The first-order chi connectivity index (χ1) is 45.0. The maximum absolute atomic E-state index is 13.3. The normalized spacial score (nSPS) is 17.7. The van der Waals surface area contributed by atoms with Gasteiger partial charge in [-0.25, -0.2) is 19.4 Å². The molecule has 3 fully saturated rings. The number of amides is 5. The Bertz CT molecular complexity index is 3010. The van der Waals surface area contributed by atoms with Crippen LogP contribution in [0.5, 0.6) is 5.75 Å². The van der Waals surface area contributed by atoms with E-state index in [-0.39, 0.29) is 83.5 Å². The van der Waals surface area contributed by atoms with Gasteiger partial charge in [0.1, 0.15) is 55.6 Å². The Balaban J connectivity index is 0.948. The van der Waals surface area contributed by atoms with E-state index in [9.17, 15) is 78.0 Å². The van der Waals surface area contributed by atoms with Crippen LogP contribution in [0, 0.1) is 0 Å². The first kappa shape index (κ1) is 74.5. The third-order valence-corrected chi connectivity index (χ3v) is 19.1. The van der Waals surface area contributed by atoms with E-state index in [2.05, 4.69) is 41.5 Å². The van der Waals surface area contributed by atoms with E-state index in [1.165, 1.54) is 17.0 Å². The second kappa shape index (κ2) is 39.2. The van der Waals surface area contributed by atoms with Gasteiger partial charge in [-0.15, -0.1) is 5.10 Å². The summed E-state index contributed by atoms with van der Waals surface area (Å²) in [4.78, 5) is 162. The van der Waals surface area contributed by atoms with Crippen molar-refractivity contribution >= 4 is 94.3 Å². The van der Waals surface area contributed by atoms with Crippen molar-refractivity contribution in [2.24, 2.45) is 0 Å². The third kappa shape index (κ3) is 28.4. The van der Waals surface area contributed by atoms with Crippen LogP contribution in [0.1, 0.15) is 81.3 Å². The molecule has 0 radical (unpaired) electrons. The number of aliphatic carboxylic acids is 5. The number of carboxylic acids is 5. The van der Waals surface area contributed by atoms with Crippen LogP contribution in [0.2, 0.25) is 0 Å². The van der Waals surface area contributed by atoms with Crippen molar-refractivity contribution in [1.29, 1.82) is 0 Å². The van der Waals surface area contributed by atoms with E-state index in [4.69, 9.17) is 18.4 Å². The molecule has 37 heteroatoms. The number of rotatable bonds is 37. The number of nitrogens with one attached hydrogen (secondary N) is 4. The van der Waals surface area contributed by atoms with Gasteiger partial charge in [-0.3, -0.25) is 33.6 Å². The van der Waals surface area contributed by atoms with Crippen molar-refractivity contribution in [2.45, 2.75) is 109 Å². The summed E-state index contributed by atoms with van der Waals surface area (Å²) >= 11 is -4.26. The molecular weight excluding hydrogens is 1350 g/mol. The summed E-state index contributed by atoms with van der Waals surface area (Å²) in [5.41, 5.74) is 1.44. The van der Waals surface area contributed by atoms with Crippen LogP contribution in [0.3, 0.4) is 0 Å². The molecule has 94 heavy (non-hydrogen) atoms. The second-order valence-electron chi connectivity index (χ2n) is 22.7. The number of benzene rings is 1. The van der Waals surface area contributed by atoms with Crippen LogP contribution < -0.4 is 26.0 Å². The van der Waals surface area contributed by atoms with Crippen LogP contribution in [-0.2, 0) is 94.1 Å². The molecule has 0 spiro atoms. The van der Waals surface area contributed by atoms with Gasteiger partial charge in [-0.1, -0.05) is 23.8 Å². The molecule has 5 amide bonds. The average Bonchev–Trinajstić information content (AvgIpc) is 1.70. The van der Waals surface area contributed by atoms with Crippen LogP contribution >= 0.6 is 0 Å². The zero-order valence-electron chi connectivity index (χ0n) is 52.1. The Morgan fingerprint density at radius 2 is 1.20 bits per heavy atom. The van der Waals surface area contributed by atoms with Gasteiger partial charge >= 0.3 is 227 Å². The number of carbonyl (C=O) groups is 12. The van der Waals surface area contributed by atoms with Crippen LogP contribution in [-0.4, -0.2) is 297 Å². The number of nitrogens with zero attached hydrogens (tertiary/aromatic N) is 11. The first-order valence-corrected chi connectivity index (χ1v) is 34.9. The third-order valence-electron chi connectivity index (χ3n) is 15.2. The Morgan fingerprint density at radius 1 is 0.628 bits per heavy atom. The Morgan fingerprint density at radius 3 is 1.79 bits per heavy atom. The summed E-state index contributed by atoms with van der Waals surface area (Å²) in [5, 5.41) is 64.9. The minimum absolute atomic E-state index is 0.0176. The molecule has 4 bridgehead atoms. The molecule has 514 valence electrons. The van der Waals surface area contributed by atoms with Crippen LogP contribution in [0.25, 0.3) is 0 Å². The number of aromatic nitrogens is 5. The fraction of sp³-hybridized carbons (Fsp3) is 0.596. The largest absolute Gasteiger partial charge is 0.480 e. The van der Waals surface area contributed by atoms with E-state index < -0.39 is 120 Å². The molecular formula is C57H82InN15O21. The van der Waals surface area contributed by atoms with Gasteiger partial charge in [-0.05, 0) is 62.8 Å². The number of hydrogen-bond acceptors (Lipinski definition) is 24. The van der Waals surface area contributed by atoms with E-state index in [0.29, 0.717) is 128 Å². The van der Waals surface area contributed by atoms with Crippen LogP contribution in [0.15, 0.2) is 42.9 Å². The van der Waals surface area contributed by atoms with Gasteiger partial charge in [-0.2, -0.15) is 0 Å². The van der Waals surface area contributed by atoms with Crippen molar-refractivity contribution in [3.8, 4) is 5.75 Å². The van der Waals surface area contributed by atoms with Gasteiger partial charge in [0.15, 0.2) is 0 Å². The van der Waals surface area contributed by atoms with Crippen molar-refractivity contribution in [2.75, 3.05) is 111 Å². The molecule has 3 aliphatic rings.